The molecule has 0 heterocycles. The average Bonchev–Trinajstić information content (AvgIpc) is 1.86. The molecule has 0 amide bonds. The van der Waals surface area contributed by atoms with Crippen molar-refractivity contribution in [3.05, 3.63) is 11.6 Å². The molecule has 0 aromatic carbocycles. The number of hydrogen-bond donors (Lipinski definition) is 1. The highest BCUT2D eigenvalue weighted by atomic mass is 16.3. The second kappa shape index (κ2) is 2.98. The van der Waals surface area contributed by atoms with Crippen LogP contribution in [-0.4, -0.2) is 11.2 Å². The van der Waals surface area contributed by atoms with Crippen molar-refractivity contribution < 1.29 is 5.11 Å². The van der Waals surface area contributed by atoms with Gasteiger partial charge in [-0.25, -0.2) is 0 Å². The van der Waals surface area contributed by atoms with Crippen LogP contribution in [-0.2, 0) is 0 Å². The zero-order valence-electron chi connectivity index (χ0n) is 7.72. The highest BCUT2D eigenvalue weighted by molar-refractivity contribution is 5.17. The molecule has 1 N–H and O–H groups in total. The molecule has 0 aromatic heterocycles. The van der Waals surface area contributed by atoms with Gasteiger partial charge in [0.15, 0.2) is 0 Å². The summed E-state index contributed by atoms with van der Waals surface area (Å²) in [6.07, 6.45) is 5.26. The highest BCUT2D eigenvalue weighted by Crippen LogP contribution is 2.33. The molecule has 11 heavy (non-hydrogen) atoms. The summed E-state index contributed by atoms with van der Waals surface area (Å²) < 4.78 is 0. The Bertz CT molecular complexity index is 162. The predicted octanol–water partition coefficient (Wildman–Crippen LogP) is 2.50. The zero-order chi connectivity index (χ0) is 8.48. The van der Waals surface area contributed by atoms with Crippen molar-refractivity contribution in [2.24, 2.45) is 5.41 Å². The van der Waals surface area contributed by atoms with Crippen LogP contribution in [0.25, 0.3) is 0 Å². The van der Waals surface area contributed by atoms with Gasteiger partial charge in [0, 0.05) is 0 Å². The van der Waals surface area contributed by atoms with Gasteiger partial charge in [0.05, 0.1) is 6.10 Å². The van der Waals surface area contributed by atoms with E-state index in [4.69, 9.17) is 0 Å². The Labute approximate surface area is 69.1 Å². The summed E-state index contributed by atoms with van der Waals surface area (Å²) in [5.74, 6) is 0. The van der Waals surface area contributed by atoms with E-state index < -0.39 is 0 Å². The van der Waals surface area contributed by atoms with Gasteiger partial charge in [0.2, 0.25) is 0 Å². The van der Waals surface area contributed by atoms with E-state index in [1.54, 1.807) is 0 Å². The van der Waals surface area contributed by atoms with E-state index in [0.717, 1.165) is 19.3 Å². The van der Waals surface area contributed by atoms with E-state index in [1.807, 2.05) is 0 Å². The Balaban J connectivity index is 2.76. The maximum absolute atomic E-state index is 9.64. The summed E-state index contributed by atoms with van der Waals surface area (Å²) in [4.78, 5) is 0. The Kier molecular flexibility index (Phi) is 2.38. The first-order valence-electron chi connectivity index (χ1n) is 4.40. The van der Waals surface area contributed by atoms with E-state index in [2.05, 4.69) is 26.8 Å². The zero-order valence-corrected chi connectivity index (χ0v) is 7.72. The molecule has 0 saturated carbocycles. The minimum Gasteiger partial charge on any atom is -0.389 e. The SMILES string of the molecule is CC(C)(C)C1=CCCCC1O. The van der Waals surface area contributed by atoms with Crippen molar-refractivity contribution in [3.8, 4) is 0 Å². The third-order valence-corrected chi connectivity index (χ3v) is 2.27. The predicted molar refractivity (Wildman–Crippen MR) is 47.4 cm³/mol. The Hall–Kier alpha value is -0.300. The molecule has 0 aromatic rings. The number of allylic oxidation sites excluding steroid dienone is 1. The van der Waals surface area contributed by atoms with Gasteiger partial charge in [0.1, 0.15) is 0 Å². The molecule has 1 heteroatoms. The quantitative estimate of drug-likeness (QED) is 0.531. The lowest BCUT2D eigenvalue weighted by Crippen LogP contribution is -2.24. The fraction of sp³-hybridized carbons (Fsp3) is 0.800. The number of aliphatic hydroxyl groups excluding tert-OH is 1. The van der Waals surface area contributed by atoms with Crippen molar-refractivity contribution in [2.75, 3.05) is 0 Å². The Morgan fingerprint density at radius 3 is 2.45 bits per heavy atom. The van der Waals surface area contributed by atoms with E-state index in [-0.39, 0.29) is 11.5 Å². The number of rotatable bonds is 0. The van der Waals surface area contributed by atoms with Crippen molar-refractivity contribution in [1.82, 2.24) is 0 Å². The summed E-state index contributed by atoms with van der Waals surface area (Å²) in [7, 11) is 0. The van der Waals surface area contributed by atoms with Gasteiger partial charge in [-0.3, -0.25) is 0 Å². The Morgan fingerprint density at radius 1 is 1.45 bits per heavy atom. The summed E-state index contributed by atoms with van der Waals surface area (Å²) in [6, 6.07) is 0. The van der Waals surface area contributed by atoms with Crippen LogP contribution in [0.3, 0.4) is 0 Å². The fourth-order valence-corrected chi connectivity index (χ4v) is 1.67. The molecular weight excluding hydrogens is 136 g/mol. The standard InChI is InChI=1S/C10H18O/c1-10(2,3)8-6-4-5-7-9(8)11/h6,9,11H,4-5,7H2,1-3H3. The first kappa shape index (κ1) is 8.79. The molecule has 0 saturated heterocycles. The molecule has 0 spiro atoms. The minimum atomic E-state index is -0.177. The fourth-order valence-electron chi connectivity index (χ4n) is 1.67. The largest absolute Gasteiger partial charge is 0.389 e. The van der Waals surface area contributed by atoms with Crippen molar-refractivity contribution in [2.45, 2.75) is 46.1 Å². The van der Waals surface area contributed by atoms with Crippen molar-refractivity contribution in [1.29, 1.82) is 0 Å². The van der Waals surface area contributed by atoms with E-state index in [1.165, 1.54) is 5.57 Å². The van der Waals surface area contributed by atoms with E-state index in [0.29, 0.717) is 0 Å². The molecule has 1 unspecified atom stereocenters. The number of aliphatic hydroxyl groups is 1. The Morgan fingerprint density at radius 2 is 2.09 bits per heavy atom. The number of hydrogen-bond acceptors (Lipinski definition) is 1. The van der Waals surface area contributed by atoms with Gasteiger partial charge in [-0.1, -0.05) is 26.8 Å². The molecule has 1 atom stereocenters. The van der Waals surface area contributed by atoms with Crippen molar-refractivity contribution >= 4 is 0 Å². The van der Waals surface area contributed by atoms with Crippen molar-refractivity contribution in [3.63, 3.8) is 0 Å². The van der Waals surface area contributed by atoms with Crippen LogP contribution in [0.4, 0.5) is 0 Å². The third-order valence-electron chi connectivity index (χ3n) is 2.27. The summed E-state index contributed by atoms with van der Waals surface area (Å²) in [5, 5.41) is 9.64. The highest BCUT2D eigenvalue weighted by Gasteiger charge is 2.25. The monoisotopic (exact) mass is 154 g/mol. The average molecular weight is 154 g/mol. The lowest BCUT2D eigenvalue weighted by Gasteiger charge is -2.30. The molecule has 0 fully saturated rings. The maximum Gasteiger partial charge on any atom is 0.0755 e. The van der Waals surface area contributed by atoms with Gasteiger partial charge in [0.25, 0.3) is 0 Å². The molecule has 1 aliphatic carbocycles. The van der Waals surface area contributed by atoms with Gasteiger partial charge < -0.3 is 5.11 Å². The van der Waals surface area contributed by atoms with Gasteiger partial charge in [-0.2, -0.15) is 0 Å². The van der Waals surface area contributed by atoms with Crippen LogP contribution < -0.4 is 0 Å². The molecule has 1 rings (SSSR count). The first-order chi connectivity index (χ1) is 5.02. The molecule has 0 aliphatic heterocycles. The van der Waals surface area contributed by atoms with Crippen LogP contribution in [0.15, 0.2) is 11.6 Å². The van der Waals surface area contributed by atoms with Crippen LogP contribution in [0.5, 0.6) is 0 Å². The second-order valence-electron chi connectivity index (χ2n) is 4.36. The second-order valence-corrected chi connectivity index (χ2v) is 4.36. The van der Waals surface area contributed by atoms with Gasteiger partial charge >= 0.3 is 0 Å². The molecule has 64 valence electrons. The van der Waals surface area contributed by atoms with Gasteiger partial charge in [-0.05, 0) is 30.3 Å². The lowest BCUT2D eigenvalue weighted by atomic mass is 9.79. The lowest BCUT2D eigenvalue weighted by molar-refractivity contribution is 0.166. The maximum atomic E-state index is 9.64. The minimum absolute atomic E-state index is 0.153. The summed E-state index contributed by atoms with van der Waals surface area (Å²) in [5.41, 5.74) is 1.38. The molecule has 1 nitrogen and oxygen atoms in total. The first-order valence-corrected chi connectivity index (χ1v) is 4.40. The molecular formula is C10H18O. The van der Waals surface area contributed by atoms with Crippen LogP contribution >= 0.6 is 0 Å². The summed E-state index contributed by atoms with van der Waals surface area (Å²) >= 11 is 0. The summed E-state index contributed by atoms with van der Waals surface area (Å²) in [6.45, 7) is 6.48. The van der Waals surface area contributed by atoms with Gasteiger partial charge in [-0.15, -0.1) is 0 Å². The topological polar surface area (TPSA) is 20.2 Å². The molecule has 1 aliphatic rings. The van der Waals surface area contributed by atoms with Crippen LogP contribution in [0, 0.1) is 5.41 Å². The van der Waals surface area contributed by atoms with Crippen LogP contribution in [0.1, 0.15) is 40.0 Å². The van der Waals surface area contributed by atoms with E-state index in [9.17, 15) is 5.11 Å². The molecule has 0 bridgehead atoms. The third kappa shape index (κ3) is 2.06. The smallest absolute Gasteiger partial charge is 0.0755 e. The van der Waals surface area contributed by atoms with E-state index >= 15 is 0 Å². The molecule has 0 radical (unpaired) electrons. The normalized spacial score (nSPS) is 26.5. The van der Waals surface area contributed by atoms with Crippen LogP contribution in [0.2, 0.25) is 0 Å².